The van der Waals surface area contributed by atoms with E-state index in [1.165, 1.54) is 0 Å². The first-order valence-electron chi connectivity index (χ1n) is 8.13. The van der Waals surface area contributed by atoms with Crippen molar-refractivity contribution in [3.05, 3.63) is 71.8 Å². The fourth-order valence-corrected chi connectivity index (χ4v) is 3.00. The smallest absolute Gasteiger partial charge is 0.274 e. The lowest BCUT2D eigenvalue weighted by Gasteiger charge is -2.16. The molecule has 4 rings (SSSR count). The zero-order chi connectivity index (χ0) is 17.4. The Morgan fingerprint density at radius 2 is 2.04 bits per heavy atom. The second-order valence-corrected chi connectivity index (χ2v) is 6.19. The molecule has 0 atom stereocenters. The van der Waals surface area contributed by atoms with Gasteiger partial charge in [-0.1, -0.05) is 18.2 Å². The first kappa shape index (κ1) is 15.4. The summed E-state index contributed by atoms with van der Waals surface area (Å²) in [6.45, 7) is 0.980. The van der Waals surface area contributed by atoms with Crippen molar-refractivity contribution < 1.29 is 4.79 Å². The van der Waals surface area contributed by atoms with Gasteiger partial charge in [0, 0.05) is 44.2 Å². The van der Waals surface area contributed by atoms with Gasteiger partial charge in [0.2, 0.25) is 0 Å². The molecule has 0 aliphatic rings. The second kappa shape index (κ2) is 6.07. The quantitative estimate of drug-likeness (QED) is 0.602. The molecule has 6 nitrogen and oxygen atoms in total. The number of rotatable bonds is 4. The second-order valence-electron chi connectivity index (χ2n) is 6.19. The molecule has 1 amide bonds. The average molecular weight is 333 g/mol. The third kappa shape index (κ3) is 2.88. The Bertz CT molecular complexity index is 1060. The van der Waals surface area contributed by atoms with Gasteiger partial charge in [-0.25, -0.2) is 4.98 Å². The van der Waals surface area contributed by atoms with E-state index >= 15 is 0 Å². The summed E-state index contributed by atoms with van der Waals surface area (Å²) in [7, 11) is 1.79. The molecule has 4 aromatic rings. The van der Waals surface area contributed by atoms with Crippen LogP contribution in [0.3, 0.4) is 0 Å². The standard InChI is InChI=1S/C19H19N5O/c1-23(10-13-2-4-15-6-7-21-16(15)8-13)19(25)17-12-24-11-14(9-20)3-5-18(24)22-17/h2-8,11-12,21H,9-10,20H2,1H3. The van der Waals surface area contributed by atoms with Gasteiger partial charge in [0.1, 0.15) is 11.3 Å². The SMILES string of the molecule is CN(Cc1ccc2cc[nH]c2c1)C(=O)c1cn2cc(CN)ccc2n1. The number of carbonyl (C=O) groups is 1. The van der Waals surface area contributed by atoms with Crippen LogP contribution in [0.25, 0.3) is 16.6 Å². The first-order chi connectivity index (χ1) is 12.1. The van der Waals surface area contributed by atoms with Crippen molar-refractivity contribution in [2.45, 2.75) is 13.1 Å². The van der Waals surface area contributed by atoms with Gasteiger partial charge >= 0.3 is 0 Å². The fourth-order valence-electron chi connectivity index (χ4n) is 3.00. The molecule has 126 valence electrons. The number of H-pyrrole nitrogens is 1. The number of nitrogens with zero attached hydrogens (tertiary/aromatic N) is 3. The molecule has 3 heterocycles. The van der Waals surface area contributed by atoms with Crippen LogP contribution in [0, 0.1) is 0 Å². The molecule has 3 aromatic heterocycles. The highest BCUT2D eigenvalue weighted by Crippen LogP contribution is 2.16. The minimum Gasteiger partial charge on any atom is -0.361 e. The maximum absolute atomic E-state index is 12.7. The van der Waals surface area contributed by atoms with Gasteiger partial charge < -0.3 is 20.0 Å². The van der Waals surface area contributed by atoms with Gasteiger partial charge in [-0.3, -0.25) is 4.79 Å². The van der Waals surface area contributed by atoms with Crippen molar-refractivity contribution >= 4 is 22.5 Å². The van der Waals surface area contributed by atoms with Crippen molar-refractivity contribution in [3.63, 3.8) is 0 Å². The molecule has 25 heavy (non-hydrogen) atoms. The Balaban J connectivity index is 1.56. The number of imidazole rings is 1. The van der Waals surface area contributed by atoms with E-state index in [2.05, 4.69) is 22.1 Å². The predicted octanol–water partition coefficient (Wildman–Crippen LogP) is 2.55. The monoisotopic (exact) mass is 333 g/mol. The van der Waals surface area contributed by atoms with Crippen LogP contribution in [-0.4, -0.2) is 32.2 Å². The molecule has 0 aliphatic heterocycles. The summed E-state index contributed by atoms with van der Waals surface area (Å²) in [6, 6.07) is 12.0. The number of hydrogen-bond donors (Lipinski definition) is 2. The molecule has 1 aromatic carbocycles. The molecule has 0 bridgehead atoms. The lowest BCUT2D eigenvalue weighted by Crippen LogP contribution is -2.26. The van der Waals surface area contributed by atoms with Gasteiger partial charge in [-0.05, 0) is 34.7 Å². The molecule has 6 heteroatoms. The zero-order valence-electron chi connectivity index (χ0n) is 13.9. The summed E-state index contributed by atoms with van der Waals surface area (Å²) in [5.41, 5.74) is 9.96. The van der Waals surface area contributed by atoms with E-state index in [0.717, 1.165) is 27.7 Å². The number of aromatic nitrogens is 3. The number of aromatic amines is 1. The molecule has 0 saturated carbocycles. The van der Waals surface area contributed by atoms with E-state index < -0.39 is 0 Å². The number of fused-ring (bicyclic) bond motifs is 2. The maximum atomic E-state index is 12.7. The molecule has 0 fully saturated rings. The van der Waals surface area contributed by atoms with Crippen LogP contribution in [0.2, 0.25) is 0 Å². The number of nitrogens with two attached hydrogens (primary N) is 1. The Morgan fingerprint density at radius 3 is 2.88 bits per heavy atom. The van der Waals surface area contributed by atoms with Gasteiger partial charge in [0.25, 0.3) is 5.91 Å². The molecule has 0 saturated heterocycles. The van der Waals surface area contributed by atoms with Gasteiger partial charge in [0.15, 0.2) is 0 Å². The molecular formula is C19H19N5O. The summed E-state index contributed by atoms with van der Waals surface area (Å²) < 4.78 is 1.84. The predicted molar refractivity (Wildman–Crippen MR) is 97.2 cm³/mol. The van der Waals surface area contributed by atoms with Crippen LogP contribution in [0.5, 0.6) is 0 Å². The summed E-state index contributed by atoms with van der Waals surface area (Å²) in [5.74, 6) is -0.107. The number of carbonyl (C=O) groups excluding carboxylic acids is 1. The van der Waals surface area contributed by atoms with Crippen LogP contribution in [0.1, 0.15) is 21.6 Å². The summed E-state index contributed by atoms with van der Waals surface area (Å²) >= 11 is 0. The molecule has 0 aliphatic carbocycles. The van der Waals surface area contributed by atoms with Crippen molar-refractivity contribution in [1.82, 2.24) is 19.3 Å². The van der Waals surface area contributed by atoms with Crippen molar-refractivity contribution in [3.8, 4) is 0 Å². The van der Waals surface area contributed by atoms with E-state index in [-0.39, 0.29) is 5.91 Å². The molecule has 0 radical (unpaired) electrons. The lowest BCUT2D eigenvalue weighted by atomic mass is 10.1. The van der Waals surface area contributed by atoms with Crippen LogP contribution in [-0.2, 0) is 13.1 Å². The van der Waals surface area contributed by atoms with Crippen LogP contribution in [0.4, 0.5) is 0 Å². The minimum absolute atomic E-state index is 0.107. The van der Waals surface area contributed by atoms with E-state index in [4.69, 9.17) is 5.73 Å². The minimum atomic E-state index is -0.107. The van der Waals surface area contributed by atoms with Crippen molar-refractivity contribution in [1.29, 1.82) is 0 Å². The first-order valence-corrected chi connectivity index (χ1v) is 8.13. The summed E-state index contributed by atoms with van der Waals surface area (Å²) in [4.78, 5) is 22.0. The van der Waals surface area contributed by atoms with Gasteiger partial charge in [-0.15, -0.1) is 0 Å². The zero-order valence-corrected chi connectivity index (χ0v) is 13.9. The number of hydrogen-bond acceptors (Lipinski definition) is 3. The lowest BCUT2D eigenvalue weighted by molar-refractivity contribution is 0.0780. The fraction of sp³-hybridized carbons (Fsp3) is 0.158. The highest BCUT2D eigenvalue weighted by molar-refractivity contribution is 5.92. The highest BCUT2D eigenvalue weighted by Gasteiger charge is 2.16. The van der Waals surface area contributed by atoms with E-state index in [0.29, 0.717) is 18.8 Å². The van der Waals surface area contributed by atoms with Crippen LogP contribution >= 0.6 is 0 Å². The van der Waals surface area contributed by atoms with Crippen LogP contribution in [0.15, 0.2) is 55.0 Å². The highest BCUT2D eigenvalue weighted by atomic mass is 16.2. The molecule has 0 spiro atoms. The number of pyridine rings is 1. The molecule has 3 N–H and O–H groups in total. The number of amides is 1. The number of nitrogens with one attached hydrogen (secondary N) is 1. The van der Waals surface area contributed by atoms with Crippen molar-refractivity contribution in [2.24, 2.45) is 5.73 Å². The van der Waals surface area contributed by atoms with Crippen molar-refractivity contribution in [2.75, 3.05) is 7.05 Å². The van der Waals surface area contributed by atoms with Gasteiger partial charge in [0.05, 0.1) is 0 Å². The Morgan fingerprint density at radius 1 is 1.20 bits per heavy atom. The topological polar surface area (TPSA) is 79.4 Å². The molecule has 0 unspecified atom stereocenters. The summed E-state index contributed by atoms with van der Waals surface area (Å²) in [5, 5.41) is 1.16. The van der Waals surface area contributed by atoms with Crippen LogP contribution < -0.4 is 5.73 Å². The normalized spacial score (nSPS) is 11.3. The largest absolute Gasteiger partial charge is 0.361 e. The van der Waals surface area contributed by atoms with E-state index in [1.807, 2.05) is 41.1 Å². The average Bonchev–Trinajstić information content (AvgIpc) is 3.26. The summed E-state index contributed by atoms with van der Waals surface area (Å²) in [6.07, 6.45) is 5.56. The third-order valence-electron chi connectivity index (χ3n) is 4.35. The Hall–Kier alpha value is -3.12. The van der Waals surface area contributed by atoms with Gasteiger partial charge in [-0.2, -0.15) is 0 Å². The number of benzene rings is 1. The maximum Gasteiger partial charge on any atom is 0.274 e. The molecular weight excluding hydrogens is 314 g/mol. The van der Waals surface area contributed by atoms with E-state index in [9.17, 15) is 4.79 Å². The van der Waals surface area contributed by atoms with E-state index in [1.54, 1.807) is 18.1 Å². The Labute approximate surface area is 144 Å². The third-order valence-corrected chi connectivity index (χ3v) is 4.35. The Kier molecular flexibility index (Phi) is 3.74.